The molecule has 1 aromatic rings. The molecule has 1 saturated carbocycles. The minimum absolute atomic E-state index is 0.0690. The van der Waals surface area contributed by atoms with Gasteiger partial charge in [-0.2, -0.15) is 0 Å². The summed E-state index contributed by atoms with van der Waals surface area (Å²) in [5.41, 5.74) is -0.0690. The zero-order chi connectivity index (χ0) is 16.3. The lowest BCUT2D eigenvalue weighted by molar-refractivity contribution is -0.122. The largest absolute Gasteiger partial charge is 0.369 e. The number of nitrogens with zero attached hydrogens (tertiary/aromatic N) is 2. The van der Waals surface area contributed by atoms with Crippen molar-refractivity contribution in [1.29, 1.82) is 0 Å². The zero-order valence-electron chi connectivity index (χ0n) is 13.6. The molecule has 24 heavy (non-hydrogen) atoms. The summed E-state index contributed by atoms with van der Waals surface area (Å²) in [6, 6.07) is 3.75. The highest BCUT2D eigenvalue weighted by molar-refractivity contribution is 6.32. The van der Waals surface area contributed by atoms with Gasteiger partial charge < -0.3 is 15.0 Å². The van der Waals surface area contributed by atoms with Crippen LogP contribution in [-0.2, 0) is 9.53 Å². The van der Waals surface area contributed by atoms with E-state index in [-0.39, 0.29) is 17.4 Å². The van der Waals surface area contributed by atoms with Crippen LogP contribution in [0.4, 0.5) is 5.82 Å². The molecule has 128 valence electrons. The number of ether oxygens (including phenoxy) is 1. The van der Waals surface area contributed by atoms with Gasteiger partial charge in [0.2, 0.25) is 5.91 Å². The molecule has 0 radical (unpaired) electrons. The summed E-state index contributed by atoms with van der Waals surface area (Å²) in [4.78, 5) is 18.7. The average molecular weight is 348 g/mol. The Bertz CT molecular complexity index is 680. The standard InChI is InChI=1S/C18H22ClN3O2/c19-14-2-1-7-20-16(14)22-9-13-12(8-21-17(23)11-3-4-11)15-5-6-18(13,10-22)24-15/h1-2,7,11-13,15H,3-6,8-10H2,(H,21,23)/t12-,13+,15+,18+/m0/s1. The Morgan fingerprint density at radius 2 is 2.33 bits per heavy atom. The molecule has 5 nitrogen and oxygen atoms in total. The van der Waals surface area contributed by atoms with Crippen molar-refractivity contribution in [2.45, 2.75) is 37.4 Å². The van der Waals surface area contributed by atoms with E-state index < -0.39 is 0 Å². The molecule has 1 N–H and O–H groups in total. The lowest BCUT2D eigenvalue weighted by Gasteiger charge is -2.29. The first kappa shape index (κ1) is 15.0. The second kappa shape index (κ2) is 5.33. The fourth-order valence-corrected chi connectivity index (χ4v) is 5.18. The second-order valence-electron chi connectivity index (χ2n) is 7.74. The normalized spacial score (nSPS) is 36.9. The van der Waals surface area contributed by atoms with Crippen molar-refractivity contribution in [2.75, 3.05) is 24.5 Å². The van der Waals surface area contributed by atoms with Gasteiger partial charge in [-0.25, -0.2) is 4.98 Å². The van der Waals surface area contributed by atoms with Crippen molar-refractivity contribution in [1.82, 2.24) is 10.3 Å². The number of fused-ring (bicyclic) bond motifs is 1. The maximum Gasteiger partial charge on any atom is 0.223 e. The van der Waals surface area contributed by atoms with E-state index in [0.29, 0.717) is 23.0 Å². The van der Waals surface area contributed by atoms with E-state index >= 15 is 0 Å². The molecule has 1 spiro atoms. The predicted octanol–water partition coefficient (Wildman–Crippen LogP) is 2.24. The second-order valence-corrected chi connectivity index (χ2v) is 8.15. The SMILES string of the molecule is O=C(NC[C@H]1[C@H]2CN(c3ncccc3Cl)C[C@]23CC[C@H]1O3)C1CC1. The van der Waals surface area contributed by atoms with E-state index in [2.05, 4.69) is 15.2 Å². The van der Waals surface area contributed by atoms with Gasteiger partial charge in [0.1, 0.15) is 5.82 Å². The van der Waals surface area contributed by atoms with E-state index in [1.807, 2.05) is 12.1 Å². The Morgan fingerprint density at radius 3 is 3.12 bits per heavy atom. The maximum absolute atomic E-state index is 12.0. The smallest absolute Gasteiger partial charge is 0.223 e. The lowest BCUT2D eigenvalue weighted by Crippen LogP contribution is -2.42. The van der Waals surface area contributed by atoms with Gasteiger partial charge in [0, 0.05) is 43.6 Å². The molecule has 4 atom stereocenters. The van der Waals surface area contributed by atoms with Crippen molar-refractivity contribution < 1.29 is 9.53 Å². The Morgan fingerprint density at radius 1 is 1.46 bits per heavy atom. The number of nitrogens with one attached hydrogen (secondary N) is 1. The van der Waals surface area contributed by atoms with Crippen LogP contribution in [0.3, 0.4) is 0 Å². The number of pyridine rings is 1. The summed E-state index contributed by atoms with van der Waals surface area (Å²) in [6.45, 7) is 2.52. The lowest BCUT2D eigenvalue weighted by atomic mass is 9.73. The highest BCUT2D eigenvalue weighted by Gasteiger charge is 2.63. The molecule has 4 aliphatic rings. The third-order valence-corrected chi connectivity index (χ3v) is 6.58. The minimum atomic E-state index is -0.0690. The minimum Gasteiger partial charge on any atom is -0.369 e. The number of aromatic nitrogens is 1. The highest BCUT2D eigenvalue weighted by atomic mass is 35.5. The van der Waals surface area contributed by atoms with Gasteiger partial charge in [0.15, 0.2) is 0 Å². The predicted molar refractivity (Wildman–Crippen MR) is 91.0 cm³/mol. The molecule has 1 aromatic heterocycles. The molecule has 2 bridgehead atoms. The van der Waals surface area contributed by atoms with Crippen LogP contribution >= 0.6 is 11.6 Å². The summed E-state index contributed by atoms with van der Waals surface area (Å²) in [5, 5.41) is 3.86. The number of amides is 1. The fourth-order valence-electron chi connectivity index (χ4n) is 4.94. The first-order valence-electron chi connectivity index (χ1n) is 8.97. The van der Waals surface area contributed by atoms with Crippen molar-refractivity contribution in [3.63, 3.8) is 0 Å². The Hall–Kier alpha value is -1.33. The van der Waals surface area contributed by atoms with E-state index in [4.69, 9.17) is 16.3 Å². The van der Waals surface area contributed by atoms with Gasteiger partial charge in [-0.05, 0) is 37.8 Å². The molecule has 1 aliphatic carbocycles. The van der Waals surface area contributed by atoms with Gasteiger partial charge in [-0.15, -0.1) is 0 Å². The van der Waals surface area contributed by atoms with Crippen molar-refractivity contribution in [3.8, 4) is 0 Å². The van der Waals surface area contributed by atoms with Crippen LogP contribution in [-0.4, -0.2) is 42.2 Å². The van der Waals surface area contributed by atoms with Crippen LogP contribution < -0.4 is 10.2 Å². The first-order valence-corrected chi connectivity index (χ1v) is 9.35. The number of carbonyl (C=O) groups excluding carboxylic acids is 1. The van der Waals surface area contributed by atoms with Crippen molar-refractivity contribution >= 4 is 23.3 Å². The summed E-state index contributed by atoms with van der Waals surface area (Å²) in [5.74, 6) is 2.22. The van der Waals surface area contributed by atoms with Gasteiger partial charge in [0.25, 0.3) is 0 Å². The van der Waals surface area contributed by atoms with E-state index in [9.17, 15) is 4.79 Å². The molecule has 4 fully saturated rings. The topological polar surface area (TPSA) is 54.5 Å². The summed E-state index contributed by atoms with van der Waals surface area (Å²) in [6.07, 6.45) is 6.40. The Balaban J connectivity index is 1.33. The van der Waals surface area contributed by atoms with E-state index in [1.54, 1.807) is 6.20 Å². The van der Waals surface area contributed by atoms with Crippen molar-refractivity contribution in [3.05, 3.63) is 23.4 Å². The molecule has 4 heterocycles. The van der Waals surface area contributed by atoms with Crippen LogP contribution in [0.1, 0.15) is 25.7 Å². The van der Waals surface area contributed by atoms with Crippen LogP contribution in [0.2, 0.25) is 5.02 Å². The third kappa shape index (κ3) is 2.25. The third-order valence-electron chi connectivity index (χ3n) is 6.28. The summed E-state index contributed by atoms with van der Waals surface area (Å²) < 4.78 is 6.43. The molecule has 6 heteroatoms. The quantitative estimate of drug-likeness (QED) is 0.907. The number of rotatable bonds is 4. The maximum atomic E-state index is 12.0. The first-order chi connectivity index (χ1) is 11.7. The van der Waals surface area contributed by atoms with Crippen LogP contribution in [0.25, 0.3) is 0 Å². The number of halogens is 1. The Kier molecular flexibility index (Phi) is 3.33. The van der Waals surface area contributed by atoms with E-state index in [1.165, 1.54) is 0 Å². The number of hydrogen-bond acceptors (Lipinski definition) is 4. The average Bonchev–Trinajstić information content (AvgIpc) is 3.17. The van der Waals surface area contributed by atoms with Crippen molar-refractivity contribution in [2.24, 2.45) is 17.8 Å². The Labute approximate surface area is 146 Å². The molecule has 3 aliphatic heterocycles. The van der Waals surface area contributed by atoms with Gasteiger partial charge in [0.05, 0.1) is 16.7 Å². The number of carbonyl (C=O) groups is 1. The molecule has 0 unspecified atom stereocenters. The molecular weight excluding hydrogens is 326 g/mol. The molecular formula is C18H22ClN3O2. The van der Waals surface area contributed by atoms with Crippen LogP contribution in [0.5, 0.6) is 0 Å². The summed E-state index contributed by atoms with van der Waals surface area (Å²) in [7, 11) is 0. The molecule has 0 aromatic carbocycles. The molecule has 1 amide bonds. The van der Waals surface area contributed by atoms with Crippen LogP contribution in [0.15, 0.2) is 18.3 Å². The zero-order valence-corrected chi connectivity index (χ0v) is 14.3. The number of anilines is 1. The van der Waals surface area contributed by atoms with Crippen LogP contribution in [0, 0.1) is 17.8 Å². The molecule has 5 rings (SSSR count). The highest BCUT2D eigenvalue weighted by Crippen LogP contribution is 2.55. The van der Waals surface area contributed by atoms with Gasteiger partial charge in [-0.1, -0.05) is 11.6 Å². The van der Waals surface area contributed by atoms with E-state index in [0.717, 1.165) is 51.1 Å². The molecule has 3 saturated heterocycles. The fraction of sp³-hybridized carbons (Fsp3) is 0.667. The van der Waals surface area contributed by atoms with Gasteiger partial charge in [-0.3, -0.25) is 4.79 Å². The monoisotopic (exact) mass is 347 g/mol. The number of hydrogen-bond donors (Lipinski definition) is 1. The summed E-state index contributed by atoms with van der Waals surface area (Å²) >= 11 is 6.34. The van der Waals surface area contributed by atoms with Gasteiger partial charge >= 0.3 is 0 Å².